The van der Waals surface area contributed by atoms with E-state index in [4.69, 9.17) is 11.6 Å². The zero-order valence-corrected chi connectivity index (χ0v) is 10.4. The quantitative estimate of drug-likeness (QED) is 0.456. The Morgan fingerprint density at radius 1 is 1.12 bits per heavy atom. The summed E-state index contributed by atoms with van der Waals surface area (Å²) in [4.78, 5) is 24.1. The summed E-state index contributed by atoms with van der Waals surface area (Å²) in [5.74, 6) is -0.380. The van der Waals surface area contributed by atoms with Gasteiger partial charge in [-0.15, -0.1) is 0 Å². The van der Waals surface area contributed by atoms with Crippen molar-refractivity contribution >= 4 is 23.2 Å². The van der Waals surface area contributed by atoms with E-state index in [9.17, 15) is 9.59 Å². The van der Waals surface area contributed by atoms with Crippen molar-refractivity contribution in [2.24, 2.45) is 5.92 Å². The molecule has 1 atom stereocenters. The van der Waals surface area contributed by atoms with Gasteiger partial charge in [0.2, 0.25) is 0 Å². The summed E-state index contributed by atoms with van der Waals surface area (Å²) in [6.07, 6.45) is 4.18. The van der Waals surface area contributed by atoms with Gasteiger partial charge in [-0.3, -0.25) is 9.59 Å². The summed E-state index contributed by atoms with van der Waals surface area (Å²) in [7, 11) is 0. The highest BCUT2D eigenvalue weighted by Gasteiger charge is 2.28. The molecule has 0 saturated heterocycles. The topological polar surface area (TPSA) is 34.1 Å². The van der Waals surface area contributed by atoms with Gasteiger partial charge in [0.05, 0.1) is 5.92 Å². The van der Waals surface area contributed by atoms with Crippen LogP contribution in [0.5, 0.6) is 0 Å². The van der Waals surface area contributed by atoms with Crippen molar-refractivity contribution in [1.29, 1.82) is 0 Å². The molecule has 0 N–H and O–H groups in total. The molecular formula is C14H15ClO2. The van der Waals surface area contributed by atoms with E-state index in [2.05, 4.69) is 0 Å². The highest BCUT2D eigenvalue weighted by molar-refractivity contribution is 6.30. The molecule has 90 valence electrons. The van der Waals surface area contributed by atoms with Gasteiger partial charge in [-0.05, 0) is 37.1 Å². The fraction of sp³-hybridized carbons (Fsp3) is 0.429. The first-order chi connectivity index (χ1) is 8.18. The lowest BCUT2D eigenvalue weighted by molar-refractivity contribution is -0.121. The van der Waals surface area contributed by atoms with Gasteiger partial charge in [0.15, 0.2) is 5.78 Å². The van der Waals surface area contributed by atoms with Crippen LogP contribution in [0, 0.1) is 5.92 Å². The maximum absolute atomic E-state index is 12.2. The van der Waals surface area contributed by atoms with Crippen LogP contribution in [0.1, 0.15) is 42.5 Å². The molecule has 2 rings (SSSR count). The largest absolute Gasteiger partial charge is 0.299 e. The van der Waals surface area contributed by atoms with E-state index in [0.29, 0.717) is 23.4 Å². The standard InChI is InChI=1S/C14H15ClO2/c15-11-8-6-10(7-9-11)14(17)12-4-2-1-3-5-13(12)16/h6-9,12H,1-5H2. The Labute approximate surface area is 106 Å². The average Bonchev–Trinajstić information content (AvgIpc) is 2.54. The van der Waals surface area contributed by atoms with E-state index in [1.807, 2.05) is 0 Å². The molecule has 1 saturated carbocycles. The normalized spacial score (nSPS) is 21.0. The Morgan fingerprint density at radius 2 is 1.82 bits per heavy atom. The molecule has 3 heteroatoms. The van der Waals surface area contributed by atoms with E-state index in [0.717, 1.165) is 19.3 Å². The van der Waals surface area contributed by atoms with E-state index < -0.39 is 5.92 Å². The van der Waals surface area contributed by atoms with Crippen LogP contribution in [-0.4, -0.2) is 11.6 Å². The molecule has 17 heavy (non-hydrogen) atoms. The van der Waals surface area contributed by atoms with E-state index in [1.54, 1.807) is 24.3 Å². The fourth-order valence-corrected chi connectivity index (χ4v) is 2.38. The highest BCUT2D eigenvalue weighted by Crippen LogP contribution is 2.24. The summed E-state index contributed by atoms with van der Waals surface area (Å²) in [6, 6.07) is 6.78. The molecule has 1 aromatic rings. The zero-order valence-electron chi connectivity index (χ0n) is 9.62. The van der Waals surface area contributed by atoms with Crippen molar-refractivity contribution in [3.05, 3.63) is 34.9 Å². The summed E-state index contributed by atoms with van der Waals surface area (Å²) in [5, 5.41) is 0.605. The van der Waals surface area contributed by atoms with Crippen molar-refractivity contribution in [1.82, 2.24) is 0 Å². The molecular weight excluding hydrogens is 236 g/mol. The number of carbonyl (C=O) groups excluding carboxylic acids is 2. The Hall–Kier alpha value is -1.15. The van der Waals surface area contributed by atoms with Crippen LogP contribution in [0.3, 0.4) is 0 Å². The first-order valence-electron chi connectivity index (χ1n) is 6.01. The monoisotopic (exact) mass is 250 g/mol. The third-order valence-electron chi connectivity index (χ3n) is 3.25. The van der Waals surface area contributed by atoms with Gasteiger partial charge < -0.3 is 0 Å². The van der Waals surface area contributed by atoms with Crippen molar-refractivity contribution in [3.63, 3.8) is 0 Å². The molecule has 1 fully saturated rings. The molecule has 1 aromatic carbocycles. The molecule has 2 nitrogen and oxygen atoms in total. The first-order valence-corrected chi connectivity index (χ1v) is 6.39. The van der Waals surface area contributed by atoms with Gasteiger partial charge in [-0.25, -0.2) is 0 Å². The number of benzene rings is 1. The van der Waals surface area contributed by atoms with E-state index in [-0.39, 0.29) is 11.6 Å². The first kappa shape index (κ1) is 12.3. The average molecular weight is 251 g/mol. The molecule has 0 aliphatic heterocycles. The minimum Gasteiger partial charge on any atom is -0.299 e. The number of hydrogen-bond acceptors (Lipinski definition) is 2. The lowest BCUT2D eigenvalue weighted by atomic mass is 9.90. The van der Waals surface area contributed by atoms with Crippen LogP contribution in [0.25, 0.3) is 0 Å². The summed E-state index contributed by atoms with van der Waals surface area (Å²) < 4.78 is 0. The van der Waals surface area contributed by atoms with Crippen LogP contribution in [0.4, 0.5) is 0 Å². The lowest BCUT2D eigenvalue weighted by Gasteiger charge is -2.11. The maximum Gasteiger partial charge on any atom is 0.173 e. The molecule has 0 radical (unpaired) electrons. The van der Waals surface area contributed by atoms with Crippen molar-refractivity contribution in [2.75, 3.05) is 0 Å². The molecule has 1 unspecified atom stereocenters. The zero-order chi connectivity index (χ0) is 12.3. The van der Waals surface area contributed by atoms with Gasteiger partial charge in [-0.1, -0.05) is 24.4 Å². The Kier molecular flexibility index (Phi) is 3.95. The van der Waals surface area contributed by atoms with E-state index in [1.165, 1.54) is 0 Å². The minimum absolute atomic E-state index is 0.0476. The Morgan fingerprint density at radius 3 is 2.53 bits per heavy atom. The van der Waals surface area contributed by atoms with Gasteiger partial charge in [-0.2, -0.15) is 0 Å². The van der Waals surface area contributed by atoms with Crippen LogP contribution in [-0.2, 0) is 4.79 Å². The van der Waals surface area contributed by atoms with Crippen molar-refractivity contribution < 1.29 is 9.59 Å². The number of ketones is 2. The number of Topliss-reactive ketones (excluding diaryl/α,β-unsaturated/α-hetero) is 2. The second-order valence-corrected chi connectivity index (χ2v) is 4.93. The van der Waals surface area contributed by atoms with Gasteiger partial charge in [0, 0.05) is 17.0 Å². The third kappa shape index (κ3) is 2.95. The van der Waals surface area contributed by atoms with Crippen molar-refractivity contribution in [3.8, 4) is 0 Å². The van der Waals surface area contributed by atoms with Gasteiger partial charge in [0.1, 0.15) is 5.78 Å². The SMILES string of the molecule is O=C1CCCCCC1C(=O)c1ccc(Cl)cc1. The van der Waals surface area contributed by atoms with Crippen LogP contribution < -0.4 is 0 Å². The number of rotatable bonds is 2. The smallest absolute Gasteiger partial charge is 0.173 e. The van der Waals surface area contributed by atoms with Crippen molar-refractivity contribution in [2.45, 2.75) is 32.1 Å². The predicted octanol–water partition coefficient (Wildman–Crippen LogP) is 3.67. The third-order valence-corrected chi connectivity index (χ3v) is 3.50. The number of halogens is 1. The molecule has 0 aromatic heterocycles. The second kappa shape index (κ2) is 5.46. The number of hydrogen-bond donors (Lipinski definition) is 0. The van der Waals surface area contributed by atoms with Gasteiger partial charge >= 0.3 is 0 Å². The Bertz CT molecular complexity index is 422. The molecule has 1 aliphatic carbocycles. The summed E-state index contributed by atoms with van der Waals surface area (Å²) >= 11 is 5.78. The molecule has 0 heterocycles. The number of carbonyl (C=O) groups is 2. The molecule has 0 spiro atoms. The molecule has 0 amide bonds. The van der Waals surface area contributed by atoms with E-state index >= 15 is 0 Å². The maximum atomic E-state index is 12.2. The molecule has 0 bridgehead atoms. The fourth-order valence-electron chi connectivity index (χ4n) is 2.25. The predicted molar refractivity (Wildman–Crippen MR) is 67.4 cm³/mol. The minimum atomic E-state index is -0.432. The lowest BCUT2D eigenvalue weighted by Crippen LogP contribution is -2.22. The Balaban J connectivity index is 2.18. The summed E-state index contributed by atoms with van der Waals surface area (Å²) in [5.41, 5.74) is 0.592. The molecule has 1 aliphatic rings. The van der Waals surface area contributed by atoms with Crippen LogP contribution in [0.15, 0.2) is 24.3 Å². The summed E-state index contributed by atoms with van der Waals surface area (Å²) in [6.45, 7) is 0. The van der Waals surface area contributed by atoms with Crippen LogP contribution >= 0.6 is 11.6 Å². The highest BCUT2D eigenvalue weighted by atomic mass is 35.5. The van der Waals surface area contributed by atoms with Crippen LogP contribution in [0.2, 0.25) is 5.02 Å². The van der Waals surface area contributed by atoms with Gasteiger partial charge in [0.25, 0.3) is 0 Å². The second-order valence-electron chi connectivity index (χ2n) is 4.49.